The number of carboxylic acid groups (broad SMARTS) is 1. The van der Waals surface area contributed by atoms with E-state index in [0.29, 0.717) is 0 Å². The number of carbonyl (C=O) groups excluding carboxylic acids is 1. The highest BCUT2D eigenvalue weighted by molar-refractivity contribution is 7.09. The highest BCUT2D eigenvalue weighted by atomic mass is 32.1. The molecule has 0 unspecified atom stereocenters. The van der Waals surface area contributed by atoms with Gasteiger partial charge in [0.05, 0.1) is 5.56 Å². The van der Waals surface area contributed by atoms with Crippen LogP contribution < -0.4 is 5.32 Å². The van der Waals surface area contributed by atoms with Crippen LogP contribution in [0.15, 0.2) is 24.3 Å². The zero-order chi connectivity index (χ0) is 12.3. The Morgan fingerprint density at radius 3 is 2.71 bits per heavy atom. The monoisotopic (exact) mass is 250 g/mol. The van der Waals surface area contributed by atoms with Crippen LogP contribution in [0.1, 0.15) is 20.7 Å². The average Bonchev–Trinajstić information content (AvgIpc) is 2.82. The molecule has 8 heteroatoms. The molecule has 1 heterocycles. The van der Waals surface area contributed by atoms with Gasteiger partial charge in [-0.3, -0.25) is 10.1 Å². The van der Waals surface area contributed by atoms with Gasteiger partial charge in [-0.05, 0) is 23.4 Å². The van der Waals surface area contributed by atoms with Crippen molar-refractivity contribution in [3.05, 3.63) is 35.4 Å². The molecule has 0 aliphatic carbocycles. The normalized spacial score (nSPS) is 9.88. The number of hydrogen-bond donors (Lipinski definition) is 2. The molecule has 0 aliphatic rings. The van der Waals surface area contributed by atoms with Crippen LogP contribution in [0.5, 0.6) is 0 Å². The lowest BCUT2D eigenvalue weighted by Gasteiger charge is -2.01. The highest BCUT2D eigenvalue weighted by Crippen LogP contribution is 2.10. The fourth-order valence-electron chi connectivity index (χ4n) is 1.14. The number of nitrogens with one attached hydrogen (secondary N) is 1. The fraction of sp³-hybridized carbons (Fsp3) is 0. The molecule has 0 saturated heterocycles. The zero-order valence-electron chi connectivity index (χ0n) is 8.32. The Morgan fingerprint density at radius 1 is 1.29 bits per heavy atom. The maximum Gasteiger partial charge on any atom is 0.335 e. The Hall–Kier alpha value is -2.35. The minimum atomic E-state index is -1.09. The molecule has 1 aromatic carbocycles. The average molecular weight is 250 g/mol. The molecule has 7 nitrogen and oxygen atoms in total. The molecule has 0 aliphatic heterocycles. The van der Waals surface area contributed by atoms with Crippen molar-refractivity contribution in [1.82, 2.24) is 14.8 Å². The van der Waals surface area contributed by atoms with Crippen LogP contribution in [-0.2, 0) is 0 Å². The van der Waals surface area contributed by atoms with Crippen molar-refractivity contribution >= 4 is 28.5 Å². The molecular formula is C9H6N4O3S. The number of rotatable bonds is 3. The maximum absolute atomic E-state index is 11.7. The first-order valence-electron chi connectivity index (χ1n) is 4.46. The zero-order valence-corrected chi connectivity index (χ0v) is 9.14. The Bertz CT molecular complexity index is 555. The molecule has 0 saturated carbocycles. The van der Waals surface area contributed by atoms with E-state index in [1.165, 1.54) is 24.3 Å². The second-order valence-electron chi connectivity index (χ2n) is 3.01. The second kappa shape index (κ2) is 4.66. The summed E-state index contributed by atoms with van der Waals surface area (Å²) in [5.74, 6) is -1.54. The third-order valence-corrected chi connectivity index (χ3v) is 2.40. The summed E-state index contributed by atoms with van der Waals surface area (Å²) in [7, 11) is 0. The van der Waals surface area contributed by atoms with E-state index in [2.05, 4.69) is 20.1 Å². The lowest BCUT2D eigenvalue weighted by Crippen LogP contribution is -2.12. The van der Waals surface area contributed by atoms with Gasteiger partial charge in [0.2, 0.25) is 5.13 Å². The van der Waals surface area contributed by atoms with Gasteiger partial charge in [-0.2, -0.15) is 0 Å². The minimum Gasteiger partial charge on any atom is -0.478 e. The van der Waals surface area contributed by atoms with E-state index < -0.39 is 11.9 Å². The topological polar surface area (TPSA) is 105 Å². The molecular weight excluding hydrogens is 244 g/mol. The number of anilines is 1. The number of carboxylic acids is 1. The molecule has 0 radical (unpaired) electrons. The third kappa shape index (κ3) is 2.61. The van der Waals surface area contributed by atoms with Crippen molar-refractivity contribution in [2.24, 2.45) is 0 Å². The van der Waals surface area contributed by atoms with Crippen molar-refractivity contribution in [2.75, 3.05) is 5.32 Å². The van der Waals surface area contributed by atoms with Crippen molar-refractivity contribution in [3.63, 3.8) is 0 Å². The molecule has 1 aromatic heterocycles. The SMILES string of the molecule is O=C(O)c1cccc(C(=O)Nc2nnns2)c1. The van der Waals surface area contributed by atoms with Gasteiger partial charge in [0.1, 0.15) is 0 Å². The molecule has 0 spiro atoms. The first-order valence-corrected chi connectivity index (χ1v) is 5.24. The number of aromatic carboxylic acids is 1. The lowest BCUT2D eigenvalue weighted by atomic mass is 10.1. The number of aromatic nitrogens is 3. The Labute approximate surface area is 99.3 Å². The quantitative estimate of drug-likeness (QED) is 0.837. The van der Waals surface area contributed by atoms with E-state index in [1.54, 1.807) is 0 Å². The van der Waals surface area contributed by atoms with Gasteiger partial charge in [-0.15, -0.1) is 0 Å². The van der Waals surface area contributed by atoms with E-state index in [1.807, 2.05) is 0 Å². The number of hydrogen-bond acceptors (Lipinski definition) is 6. The van der Waals surface area contributed by atoms with Gasteiger partial charge >= 0.3 is 5.97 Å². The summed E-state index contributed by atoms with van der Waals surface area (Å²) in [4.78, 5) is 22.4. The molecule has 2 N–H and O–H groups in total. The first-order chi connectivity index (χ1) is 8.16. The van der Waals surface area contributed by atoms with Crippen molar-refractivity contribution in [3.8, 4) is 0 Å². The van der Waals surface area contributed by atoms with E-state index in [0.717, 1.165) is 11.5 Å². The van der Waals surface area contributed by atoms with E-state index in [-0.39, 0.29) is 16.3 Å². The third-order valence-electron chi connectivity index (χ3n) is 1.89. The van der Waals surface area contributed by atoms with Gasteiger partial charge in [-0.1, -0.05) is 15.7 Å². The molecule has 86 valence electrons. The molecule has 2 rings (SSSR count). The summed E-state index contributed by atoms with van der Waals surface area (Å²) in [6, 6.07) is 5.70. The number of nitrogens with zero attached hydrogens (tertiary/aromatic N) is 3. The van der Waals surface area contributed by atoms with Crippen LogP contribution in [0.4, 0.5) is 5.13 Å². The van der Waals surface area contributed by atoms with Crippen molar-refractivity contribution < 1.29 is 14.7 Å². The molecule has 0 fully saturated rings. The largest absolute Gasteiger partial charge is 0.478 e. The predicted octanol–water partition coefficient (Wildman–Crippen LogP) is 0.884. The first kappa shape index (κ1) is 11.1. The van der Waals surface area contributed by atoms with E-state index in [4.69, 9.17) is 5.11 Å². The summed E-state index contributed by atoms with van der Waals surface area (Å²) in [5, 5.41) is 18.4. The van der Waals surface area contributed by atoms with Gasteiger partial charge in [0, 0.05) is 17.1 Å². The molecule has 2 aromatic rings. The van der Waals surface area contributed by atoms with E-state index in [9.17, 15) is 9.59 Å². The number of benzene rings is 1. The molecule has 1 amide bonds. The van der Waals surface area contributed by atoms with E-state index >= 15 is 0 Å². The van der Waals surface area contributed by atoms with Crippen LogP contribution in [0.3, 0.4) is 0 Å². The Morgan fingerprint density at radius 2 is 2.06 bits per heavy atom. The Balaban J connectivity index is 2.19. The predicted molar refractivity (Wildman–Crippen MR) is 59.1 cm³/mol. The number of amides is 1. The summed E-state index contributed by atoms with van der Waals surface area (Å²) in [5.41, 5.74) is 0.285. The summed E-state index contributed by atoms with van der Waals surface area (Å²) >= 11 is 0.936. The molecule has 0 atom stereocenters. The van der Waals surface area contributed by atoms with Gasteiger partial charge < -0.3 is 5.11 Å². The summed E-state index contributed by atoms with van der Waals surface area (Å²) in [6.07, 6.45) is 0. The van der Waals surface area contributed by atoms with Crippen LogP contribution >= 0.6 is 11.5 Å². The standard InChI is InChI=1S/C9H6N4O3S/c14-7(10-9-11-12-13-17-9)5-2-1-3-6(4-5)8(15)16/h1-4H,(H,15,16)(H,10,11,13,14). The highest BCUT2D eigenvalue weighted by Gasteiger charge is 2.11. The summed E-state index contributed by atoms with van der Waals surface area (Å²) < 4.78 is 3.49. The van der Waals surface area contributed by atoms with Gasteiger partial charge in [0.25, 0.3) is 5.91 Å². The lowest BCUT2D eigenvalue weighted by molar-refractivity contribution is 0.0697. The minimum absolute atomic E-state index is 0.0491. The smallest absolute Gasteiger partial charge is 0.335 e. The van der Waals surface area contributed by atoms with Gasteiger partial charge in [-0.25, -0.2) is 4.79 Å². The maximum atomic E-state index is 11.7. The van der Waals surface area contributed by atoms with Crippen LogP contribution in [0.25, 0.3) is 0 Å². The second-order valence-corrected chi connectivity index (χ2v) is 3.74. The van der Waals surface area contributed by atoms with Gasteiger partial charge in [0.15, 0.2) is 0 Å². The molecule has 17 heavy (non-hydrogen) atoms. The van der Waals surface area contributed by atoms with Crippen LogP contribution in [0.2, 0.25) is 0 Å². The number of carbonyl (C=O) groups is 2. The van der Waals surface area contributed by atoms with Crippen LogP contribution in [0, 0.1) is 0 Å². The summed E-state index contributed by atoms with van der Waals surface area (Å²) in [6.45, 7) is 0. The fourth-order valence-corrected chi connectivity index (χ4v) is 1.51. The van der Waals surface area contributed by atoms with Crippen molar-refractivity contribution in [2.45, 2.75) is 0 Å². The van der Waals surface area contributed by atoms with Crippen molar-refractivity contribution in [1.29, 1.82) is 0 Å². The molecule has 0 bridgehead atoms. The van der Waals surface area contributed by atoms with Crippen LogP contribution in [-0.4, -0.2) is 31.8 Å². The Kier molecular flexibility index (Phi) is 3.06.